The van der Waals surface area contributed by atoms with Crippen LogP contribution in [0.4, 0.5) is 5.82 Å². The van der Waals surface area contributed by atoms with Gasteiger partial charge in [-0.15, -0.1) is 0 Å². The highest BCUT2D eigenvalue weighted by atomic mass is 16.2. The van der Waals surface area contributed by atoms with Gasteiger partial charge < -0.3 is 10.6 Å². The fraction of sp³-hybridized carbons (Fsp3) is 0.538. The molecule has 4 heteroatoms. The van der Waals surface area contributed by atoms with Gasteiger partial charge in [-0.05, 0) is 43.4 Å². The molecule has 2 N–H and O–H groups in total. The van der Waals surface area contributed by atoms with Crippen molar-refractivity contribution in [2.75, 3.05) is 12.3 Å². The Morgan fingerprint density at radius 2 is 2.29 bits per heavy atom. The zero-order valence-corrected chi connectivity index (χ0v) is 10.4. The molecular weight excluding hydrogens is 214 g/mol. The molecule has 0 unspecified atom stereocenters. The minimum atomic E-state index is 0.143. The number of rotatable bonds is 1. The van der Waals surface area contributed by atoms with Crippen LogP contribution in [0.3, 0.4) is 0 Å². The average Bonchev–Trinajstić information content (AvgIpc) is 2.32. The van der Waals surface area contributed by atoms with Crippen LogP contribution in [0.15, 0.2) is 12.3 Å². The lowest BCUT2D eigenvalue weighted by atomic mass is 9.95. The van der Waals surface area contributed by atoms with E-state index in [4.69, 9.17) is 5.73 Å². The van der Waals surface area contributed by atoms with E-state index in [2.05, 4.69) is 4.98 Å². The number of anilines is 1. The number of likely N-dealkylation sites (tertiary alicyclic amines) is 1. The van der Waals surface area contributed by atoms with Crippen molar-refractivity contribution < 1.29 is 4.79 Å². The molecule has 0 aliphatic carbocycles. The van der Waals surface area contributed by atoms with Crippen LogP contribution in [0.25, 0.3) is 0 Å². The number of nitrogen functional groups attached to an aromatic ring is 1. The van der Waals surface area contributed by atoms with Crippen molar-refractivity contribution in [1.29, 1.82) is 0 Å². The summed E-state index contributed by atoms with van der Waals surface area (Å²) in [5, 5.41) is 0. The van der Waals surface area contributed by atoms with E-state index in [-0.39, 0.29) is 11.9 Å². The smallest absolute Gasteiger partial charge is 0.219 e. The highest BCUT2D eigenvalue weighted by molar-refractivity contribution is 5.74. The van der Waals surface area contributed by atoms with Crippen LogP contribution in [0.1, 0.15) is 43.4 Å². The summed E-state index contributed by atoms with van der Waals surface area (Å²) in [6, 6.07) is 2.22. The fourth-order valence-electron chi connectivity index (χ4n) is 2.44. The molecular formula is C13H19N3O. The van der Waals surface area contributed by atoms with E-state index >= 15 is 0 Å². The van der Waals surface area contributed by atoms with E-state index in [1.165, 1.54) is 0 Å². The molecule has 0 spiro atoms. The Hall–Kier alpha value is -1.58. The van der Waals surface area contributed by atoms with E-state index in [1.54, 1.807) is 13.1 Å². The third-order valence-corrected chi connectivity index (χ3v) is 3.43. The van der Waals surface area contributed by atoms with Crippen LogP contribution >= 0.6 is 0 Å². The van der Waals surface area contributed by atoms with E-state index < -0.39 is 0 Å². The SMILES string of the molecule is CC(=O)N1CCCC[C@@H]1c1cnc(N)c(C)c1. The molecule has 1 fully saturated rings. The zero-order chi connectivity index (χ0) is 12.4. The summed E-state index contributed by atoms with van der Waals surface area (Å²) >= 11 is 0. The lowest BCUT2D eigenvalue weighted by Gasteiger charge is -2.35. The summed E-state index contributed by atoms with van der Waals surface area (Å²) < 4.78 is 0. The number of nitrogens with two attached hydrogens (primary N) is 1. The average molecular weight is 233 g/mol. The number of aryl methyl sites for hydroxylation is 1. The number of hydrogen-bond donors (Lipinski definition) is 1. The van der Waals surface area contributed by atoms with Crippen molar-refractivity contribution in [3.63, 3.8) is 0 Å². The molecule has 2 rings (SSSR count). The Morgan fingerprint density at radius 3 is 2.94 bits per heavy atom. The van der Waals surface area contributed by atoms with Crippen molar-refractivity contribution in [1.82, 2.24) is 9.88 Å². The van der Waals surface area contributed by atoms with Crippen molar-refractivity contribution in [3.05, 3.63) is 23.4 Å². The predicted molar refractivity (Wildman–Crippen MR) is 67.4 cm³/mol. The molecule has 1 aliphatic rings. The topological polar surface area (TPSA) is 59.2 Å². The van der Waals surface area contributed by atoms with Crippen molar-refractivity contribution in [2.24, 2.45) is 0 Å². The first-order valence-corrected chi connectivity index (χ1v) is 6.09. The Bertz CT molecular complexity index is 431. The number of carbonyl (C=O) groups is 1. The molecule has 92 valence electrons. The van der Waals surface area contributed by atoms with E-state index in [9.17, 15) is 4.79 Å². The summed E-state index contributed by atoms with van der Waals surface area (Å²) in [5.41, 5.74) is 7.81. The fourth-order valence-corrected chi connectivity index (χ4v) is 2.44. The summed E-state index contributed by atoms with van der Waals surface area (Å²) in [7, 11) is 0. The minimum Gasteiger partial charge on any atom is -0.383 e. The maximum Gasteiger partial charge on any atom is 0.219 e. The summed E-state index contributed by atoms with van der Waals surface area (Å²) in [6.07, 6.45) is 5.08. The number of piperidine rings is 1. The van der Waals surface area contributed by atoms with Gasteiger partial charge in [-0.3, -0.25) is 4.79 Å². The Balaban J connectivity index is 2.29. The van der Waals surface area contributed by atoms with Crippen LogP contribution in [0.2, 0.25) is 0 Å². The van der Waals surface area contributed by atoms with Gasteiger partial charge >= 0.3 is 0 Å². The van der Waals surface area contributed by atoms with Gasteiger partial charge in [0, 0.05) is 19.7 Å². The van der Waals surface area contributed by atoms with Gasteiger partial charge in [0.2, 0.25) is 5.91 Å². The van der Waals surface area contributed by atoms with Crippen molar-refractivity contribution >= 4 is 11.7 Å². The van der Waals surface area contributed by atoms with Crippen LogP contribution in [-0.2, 0) is 4.79 Å². The third-order valence-electron chi connectivity index (χ3n) is 3.43. The van der Waals surface area contributed by atoms with Crippen LogP contribution < -0.4 is 5.73 Å². The molecule has 0 bridgehead atoms. The Labute approximate surface area is 102 Å². The third kappa shape index (κ3) is 2.40. The standard InChI is InChI=1S/C13H19N3O/c1-9-7-11(8-15-13(9)14)12-5-3-4-6-16(12)10(2)17/h7-8,12H,3-6H2,1-2H3,(H2,14,15)/t12-/m1/s1. The molecule has 1 aromatic rings. The van der Waals surface area contributed by atoms with Crippen LogP contribution in [0.5, 0.6) is 0 Å². The molecule has 1 aromatic heterocycles. The first-order valence-electron chi connectivity index (χ1n) is 6.09. The second-order valence-corrected chi connectivity index (χ2v) is 4.69. The lowest BCUT2D eigenvalue weighted by Crippen LogP contribution is -2.37. The molecule has 1 atom stereocenters. The molecule has 0 aromatic carbocycles. The van der Waals surface area contributed by atoms with Crippen LogP contribution in [-0.4, -0.2) is 22.3 Å². The van der Waals surface area contributed by atoms with Gasteiger partial charge in [0.1, 0.15) is 5.82 Å². The molecule has 1 saturated heterocycles. The van der Waals surface area contributed by atoms with Gasteiger partial charge in [-0.2, -0.15) is 0 Å². The number of aromatic nitrogens is 1. The van der Waals surface area contributed by atoms with Crippen molar-refractivity contribution in [2.45, 2.75) is 39.2 Å². The van der Waals surface area contributed by atoms with Crippen molar-refractivity contribution in [3.8, 4) is 0 Å². The second-order valence-electron chi connectivity index (χ2n) is 4.69. The predicted octanol–water partition coefficient (Wildman–Crippen LogP) is 2.05. The maximum absolute atomic E-state index is 11.6. The number of hydrogen-bond acceptors (Lipinski definition) is 3. The molecule has 0 radical (unpaired) electrons. The lowest BCUT2D eigenvalue weighted by molar-refractivity contribution is -0.132. The van der Waals surface area contributed by atoms with Gasteiger partial charge in [-0.25, -0.2) is 4.98 Å². The monoisotopic (exact) mass is 233 g/mol. The van der Waals surface area contributed by atoms with Gasteiger partial charge in [0.25, 0.3) is 0 Å². The van der Waals surface area contributed by atoms with E-state index in [0.717, 1.165) is 36.9 Å². The molecule has 2 heterocycles. The molecule has 1 aliphatic heterocycles. The summed E-state index contributed by atoms with van der Waals surface area (Å²) in [4.78, 5) is 17.7. The van der Waals surface area contributed by atoms with Crippen LogP contribution in [0, 0.1) is 6.92 Å². The maximum atomic E-state index is 11.6. The molecule has 4 nitrogen and oxygen atoms in total. The van der Waals surface area contributed by atoms with Gasteiger partial charge in [0.15, 0.2) is 0 Å². The minimum absolute atomic E-state index is 0.143. The number of carbonyl (C=O) groups excluding carboxylic acids is 1. The molecule has 0 saturated carbocycles. The summed E-state index contributed by atoms with van der Waals surface area (Å²) in [5.74, 6) is 0.711. The second kappa shape index (κ2) is 4.73. The van der Waals surface area contributed by atoms with E-state index in [0.29, 0.717) is 5.82 Å². The Kier molecular flexibility index (Phi) is 3.31. The first kappa shape index (κ1) is 11.9. The number of amides is 1. The van der Waals surface area contributed by atoms with Gasteiger partial charge in [0.05, 0.1) is 6.04 Å². The molecule has 17 heavy (non-hydrogen) atoms. The highest BCUT2D eigenvalue weighted by Gasteiger charge is 2.26. The quantitative estimate of drug-likeness (QED) is 0.807. The normalized spacial score (nSPS) is 20.4. The first-order chi connectivity index (χ1) is 8.09. The Morgan fingerprint density at radius 1 is 1.53 bits per heavy atom. The summed E-state index contributed by atoms with van der Waals surface area (Å²) in [6.45, 7) is 4.44. The van der Waals surface area contributed by atoms with Gasteiger partial charge in [-0.1, -0.05) is 0 Å². The van der Waals surface area contributed by atoms with E-state index in [1.807, 2.05) is 17.9 Å². The number of pyridine rings is 1. The largest absolute Gasteiger partial charge is 0.383 e. The molecule has 1 amide bonds. The highest BCUT2D eigenvalue weighted by Crippen LogP contribution is 2.31. The zero-order valence-electron chi connectivity index (χ0n) is 10.4. The number of nitrogens with zero attached hydrogens (tertiary/aromatic N) is 2.